The van der Waals surface area contributed by atoms with Crippen LogP contribution in [0.4, 0.5) is 0 Å². The summed E-state index contributed by atoms with van der Waals surface area (Å²) in [5.74, 6) is 0.873. The Morgan fingerprint density at radius 1 is 0.633 bits per heavy atom. The van der Waals surface area contributed by atoms with Crippen LogP contribution in [0.2, 0.25) is 0 Å². The average Bonchev–Trinajstić information content (AvgIpc) is 2.70. The standard InChI is InChI=1S/C26H38N2O2/c1-21(2)17-25(5,29-19-23-13-9-7-10-14-23)27-28-26(6,18-22(3)4)30-20-24-15-11-8-12-16-24/h7-16,21-22H,17-20H2,1-6H3. The third kappa shape index (κ3) is 8.76. The minimum absolute atomic E-state index is 0.436. The Kier molecular flexibility index (Phi) is 9.19. The van der Waals surface area contributed by atoms with E-state index in [0.29, 0.717) is 25.0 Å². The monoisotopic (exact) mass is 410 g/mol. The van der Waals surface area contributed by atoms with Crippen LogP contribution in [0.25, 0.3) is 0 Å². The van der Waals surface area contributed by atoms with Crippen molar-refractivity contribution in [3.8, 4) is 0 Å². The molecule has 0 spiro atoms. The van der Waals surface area contributed by atoms with Crippen LogP contribution in [-0.2, 0) is 22.7 Å². The van der Waals surface area contributed by atoms with Gasteiger partial charge in [-0.25, -0.2) is 0 Å². The van der Waals surface area contributed by atoms with Crippen LogP contribution in [0.3, 0.4) is 0 Å². The van der Waals surface area contributed by atoms with Gasteiger partial charge in [-0.15, -0.1) is 0 Å². The third-order valence-electron chi connectivity index (χ3n) is 4.83. The van der Waals surface area contributed by atoms with Crippen LogP contribution < -0.4 is 0 Å². The fraction of sp³-hybridized carbons (Fsp3) is 0.538. The summed E-state index contributed by atoms with van der Waals surface area (Å²) >= 11 is 0. The molecule has 0 aromatic heterocycles. The second kappa shape index (κ2) is 11.4. The summed E-state index contributed by atoms with van der Waals surface area (Å²) in [7, 11) is 0. The molecule has 2 unspecified atom stereocenters. The van der Waals surface area contributed by atoms with Gasteiger partial charge in [0.05, 0.1) is 13.2 Å². The van der Waals surface area contributed by atoms with Crippen molar-refractivity contribution in [2.75, 3.05) is 0 Å². The molecule has 4 nitrogen and oxygen atoms in total. The Morgan fingerprint density at radius 2 is 0.967 bits per heavy atom. The molecule has 164 valence electrons. The molecule has 2 aromatic carbocycles. The van der Waals surface area contributed by atoms with Crippen molar-refractivity contribution in [1.29, 1.82) is 0 Å². The van der Waals surface area contributed by atoms with Gasteiger partial charge in [-0.3, -0.25) is 0 Å². The van der Waals surface area contributed by atoms with Crippen LogP contribution in [0, 0.1) is 11.8 Å². The van der Waals surface area contributed by atoms with Gasteiger partial charge in [-0.05, 0) is 36.8 Å². The molecule has 2 rings (SSSR count). The summed E-state index contributed by atoms with van der Waals surface area (Å²) < 4.78 is 12.5. The van der Waals surface area contributed by atoms with Gasteiger partial charge in [0, 0.05) is 12.8 Å². The molecule has 0 aliphatic heterocycles. The predicted octanol–water partition coefficient (Wildman–Crippen LogP) is 7.40. The minimum Gasteiger partial charge on any atom is -0.348 e. The van der Waals surface area contributed by atoms with E-state index >= 15 is 0 Å². The average molecular weight is 411 g/mol. The van der Waals surface area contributed by atoms with E-state index < -0.39 is 11.4 Å². The van der Waals surface area contributed by atoms with Crippen LogP contribution in [0.5, 0.6) is 0 Å². The van der Waals surface area contributed by atoms with Crippen molar-refractivity contribution in [2.45, 2.75) is 79.0 Å². The van der Waals surface area contributed by atoms with E-state index in [1.54, 1.807) is 0 Å². The molecule has 0 fully saturated rings. The molecule has 0 radical (unpaired) electrons. The first-order valence-corrected chi connectivity index (χ1v) is 11.0. The molecular formula is C26H38N2O2. The molecule has 0 saturated heterocycles. The van der Waals surface area contributed by atoms with Crippen LogP contribution in [-0.4, -0.2) is 11.4 Å². The number of benzene rings is 2. The highest BCUT2D eigenvalue weighted by atomic mass is 16.5. The van der Waals surface area contributed by atoms with E-state index in [9.17, 15) is 0 Å². The molecular weight excluding hydrogens is 372 g/mol. The van der Waals surface area contributed by atoms with Crippen molar-refractivity contribution in [2.24, 2.45) is 22.1 Å². The van der Waals surface area contributed by atoms with Crippen LogP contribution in [0.1, 0.15) is 65.5 Å². The Hall–Kier alpha value is -2.04. The van der Waals surface area contributed by atoms with Crippen molar-refractivity contribution >= 4 is 0 Å². The lowest BCUT2D eigenvalue weighted by Gasteiger charge is -2.31. The number of hydrogen-bond donors (Lipinski definition) is 0. The van der Waals surface area contributed by atoms with Crippen molar-refractivity contribution in [3.63, 3.8) is 0 Å². The number of rotatable bonds is 12. The summed E-state index contributed by atoms with van der Waals surface area (Å²) in [6.07, 6.45) is 1.58. The summed E-state index contributed by atoms with van der Waals surface area (Å²) in [6.45, 7) is 13.8. The first-order chi connectivity index (χ1) is 14.2. The highest BCUT2D eigenvalue weighted by Crippen LogP contribution is 2.30. The first-order valence-electron chi connectivity index (χ1n) is 11.0. The molecule has 0 heterocycles. The molecule has 30 heavy (non-hydrogen) atoms. The van der Waals surface area contributed by atoms with Gasteiger partial charge in [-0.2, -0.15) is 10.2 Å². The number of azo groups is 1. The topological polar surface area (TPSA) is 43.2 Å². The molecule has 0 N–H and O–H groups in total. The summed E-state index contributed by atoms with van der Waals surface area (Å²) in [5.41, 5.74) is 0.873. The maximum absolute atomic E-state index is 6.27. The van der Waals surface area contributed by atoms with Gasteiger partial charge in [0.2, 0.25) is 0 Å². The second-order valence-corrected chi connectivity index (χ2v) is 9.29. The first kappa shape index (κ1) is 24.2. The van der Waals surface area contributed by atoms with E-state index in [1.807, 2.05) is 50.2 Å². The Balaban J connectivity index is 2.15. The quantitative estimate of drug-likeness (QED) is 0.342. The Bertz CT molecular complexity index is 696. The van der Waals surface area contributed by atoms with Gasteiger partial charge in [0.25, 0.3) is 0 Å². The second-order valence-electron chi connectivity index (χ2n) is 9.29. The lowest BCUT2D eigenvalue weighted by Crippen LogP contribution is -2.32. The molecule has 2 atom stereocenters. The predicted molar refractivity (Wildman–Crippen MR) is 123 cm³/mol. The number of hydrogen-bond acceptors (Lipinski definition) is 4. The van der Waals surface area contributed by atoms with Crippen molar-refractivity contribution in [3.05, 3.63) is 71.8 Å². The fourth-order valence-electron chi connectivity index (χ4n) is 3.61. The van der Waals surface area contributed by atoms with Crippen molar-refractivity contribution < 1.29 is 9.47 Å². The van der Waals surface area contributed by atoms with Crippen LogP contribution >= 0.6 is 0 Å². The van der Waals surface area contributed by atoms with Gasteiger partial charge in [0.15, 0.2) is 11.4 Å². The molecule has 0 aliphatic carbocycles. The van der Waals surface area contributed by atoms with E-state index in [0.717, 1.165) is 24.0 Å². The third-order valence-corrected chi connectivity index (χ3v) is 4.83. The van der Waals surface area contributed by atoms with Gasteiger partial charge in [-0.1, -0.05) is 88.4 Å². The summed E-state index contributed by atoms with van der Waals surface area (Å²) in [6, 6.07) is 20.4. The van der Waals surface area contributed by atoms with Crippen molar-refractivity contribution in [1.82, 2.24) is 0 Å². The van der Waals surface area contributed by atoms with Gasteiger partial charge in [0.1, 0.15) is 0 Å². The minimum atomic E-state index is -0.696. The van der Waals surface area contributed by atoms with E-state index in [4.69, 9.17) is 19.7 Å². The molecule has 0 amide bonds. The largest absolute Gasteiger partial charge is 0.348 e. The molecule has 0 saturated carbocycles. The highest BCUT2D eigenvalue weighted by molar-refractivity contribution is 5.14. The molecule has 4 heteroatoms. The Morgan fingerprint density at radius 3 is 1.27 bits per heavy atom. The Labute approximate surface area is 182 Å². The normalized spacial score (nSPS) is 16.1. The van der Waals surface area contributed by atoms with E-state index in [-0.39, 0.29) is 0 Å². The molecule has 0 bridgehead atoms. The fourth-order valence-corrected chi connectivity index (χ4v) is 3.61. The van der Waals surface area contributed by atoms with E-state index in [1.165, 1.54) is 0 Å². The maximum Gasteiger partial charge on any atom is 0.176 e. The SMILES string of the molecule is CC(C)CC(C)(N=NC(C)(CC(C)C)OCc1ccccc1)OCc1ccccc1. The number of ether oxygens (including phenoxy) is 2. The summed E-state index contributed by atoms with van der Waals surface area (Å²) in [5, 5.41) is 9.45. The number of nitrogens with zero attached hydrogens (tertiary/aromatic N) is 2. The molecule has 0 aliphatic rings. The van der Waals surface area contributed by atoms with Gasteiger partial charge >= 0.3 is 0 Å². The smallest absolute Gasteiger partial charge is 0.176 e. The molecule has 2 aromatic rings. The van der Waals surface area contributed by atoms with Crippen LogP contribution in [0.15, 0.2) is 70.9 Å². The highest BCUT2D eigenvalue weighted by Gasteiger charge is 2.31. The van der Waals surface area contributed by atoms with Gasteiger partial charge < -0.3 is 9.47 Å². The lowest BCUT2D eigenvalue weighted by atomic mass is 10.0. The zero-order valence-electron chi connectivity index (χ0n) is 19.5. The van der Waals surface area contributed by atoms with E-state index in [2.05, 4.69) is 52.0 Å². The summed E-state index contributed by atoms with van der Waals surface area (Å²) in [4.78, 5) is 0. The zero-order chi connectivity index (χ0) is 22.0. The lowest BCUT2D eigenvalue weighted by molar-refractivity contribution is -0.0829. The zero-order valence-corrected chi connectivity index (χ0v) is 19.5. The maximum atomic E-state index is 6.27.